The smallest absolute Gasteiger partial charge is 0.216 e. The van der Waals surface area contributed by atoms with Crippen LogP contribution in [-0.4, -0.2) is 7.11 Å². The average Bonchev–Trinajstić information content (AvgIpc) is 2.49. The third-order valence-corrected chi connectivity index (χ3v) is 3.62. The SMILES string of the molecule is COc1ccccc1Nc1cc(C)[nH+]c2c(C)cccc12. The van der Waals surface area contributed by atoms with Gasteiger partial charge in [0.1, 0.15) is 5.75 Å². The number of para-hydroxylation sites is 3. The Balaban J connectivity index is 2.14. The van der Waals surface area contributed by atoms with Gasteiger partial charge < -0.3 is 10.1 Å². The lowest BCUT2D eigenvalue weighted by atomic mass is 10.1. The first-order chi connectivity index (χ1) is 10.2. The molecule has 0 aliphatic heterocycles. The quantitative estimate of drug-likeness (QED) is 0.786. The molecule has 3 heteroatoms. The lowest BCUT2D eigenvalue weighted by Gasteiger charge is -2.12. The van der Waals surface area contributed by atoms with Crippen molar-refractivity contribution in [3.63, 3.8) is 0 Å². The van der Waals surface area contributed by atoms with E-state index in [0.29, 0.717) is 0 Å². The Morgan fingerprint density at radius 1 is 0.952 bits per heavy atom. The molecule has 0 saturated heterocycles. The third-order valence-electron chi connectivity index (χ3n) is 3.62. The number of benzene rings is 2. The van der Waals surface area contributed by atoms with E-state index < -0.39 is 0 Å². The van der Waals surface area contributed by atoms with Gasteiger partial charge in [0, 0.05) is 18.6 Å². The fraction of sp³-hybridized carbons (Fsp3) is 0.167. The Kier molecular flexibility index (Phi) is 3.48. The van der Waals surface area contributed by atoms with Gasteiger partial charge in [-0.1, -0.05) is 24.3 Å². The first-order valence-corrected chi connectivity index (χ1v) is 7.01. The van der Waals surface area contributed by atoms with Crippen LogP contribution in [0.3, 0.4) is 0 Å². The van der Waals surface area contributed by atoms with Gasteiger partial charge in [0.15, 0.2) is 5.69 Å². The number of nitrogens with one attached hydrogen (secondary N) is 2. The molecule has 0 saturated carbocycles. The van der Waals surface area contributed by atoms with E-state index in [0.717, 1.165) is 28.3 Å². The summed E-state index contributed by atoms with van der Waals surface area (Å²) in [6.07, 6.45) is 0. The van der Waals surface area contributed by atoms with Crippen LogP contribution in [0.25, 0.3) is 10.9 Å². The summed E-state index contributed by atoms with van der Waals surface area (Å²) in [6, 6.07) is 16.4. The second-order valence-corrected chi connectivity index (χ2v) is 5.19. The fourth-order valence-electron chi connectivity index (χ4n) is 2.58. The molecule has 0 atom stereocenters. The van der Waals surface area contributed by atoms with E-state index in [2.05, 4.69) is 48.4 Å². The van der Waals surface area contributed by atoms with Crippen LogP contribution in [0, 0.1) is 13.8 Å². The molecule has 0 amide bonds. The van der Waals surface area contributed by atoms with Gasteiger partial charge >= 0.3 is 0 Å². The highest BCUT2D eigenvalue weighted by Gasteiger charge is 2.12. The molecule has 106 valence electrons. The van der Waals surface area contributed by atoms with Crippen molar-refractivity contribution >= 4 is 22.3 Å². The van der Waals surface area contributed by atoms with E-state index in [1.807, 2.05) is 24.3 Å². The number of H-pyrrole nitrogens is 1. The van der Waals surface area contributed by atoms with Crippen molar-refractivity contribution in [3.05, 3.63) is 59.8 Å². The number of aryl methyl sites for hydroxylation is 2. The molecule has 0 unspecified atom stereocenters. The normalized spacial score (nSPS) is 10.6. The monoisotopic (exact) mass is 279 g/mol. The van der Waals surface area contributed by atoms with Crippen LogP contribution in [0.4, 0.5) is 11.4 Å². The Morgan fingerprint density at radius 2 is 1.76 bits per heavy atom. The van der Waals surface area contributed by atoms with Crippen molar-refractivity contribution in [1.82, 2.24) is 0 Å². The van der Waals surface area contributed by atoms with E-state index in [4.69, 9.17) is 4.74 Å². The van der Waals surface area contributed by atoms with Crippen LogP contribution >= 0.6 is 0 Å². The molecular formula is C18H19N2O+. The van der Waals surface area contributed by atoms with Crippen LogP contribution < -0.4 is 15.0 Å². The van der Waals surface area contributed by atoms with Gasteiger partial charge in [-0.25, -0.2) is 4.98 Å². The number of anilines is 2. The molecule has 3 nitrogen and oxygen atoms in total. The van der Waals surface area contributed by atoms with Crippen LogP contribution in [-0.2, 0) is 0 Å². The third kappa shape index (κ3) is 2.55. The van der Waals surface area contributed by atoms with Gasteiger partial charge in [-0.05, 0) is 25.1 Å². The van der Waals surface area contributed by atoms with Crippen molar-refractivity contribution in [3.8, 4) is 5.75 Å². The summed E-state index contributed by atoms with van der Waals surface area (Å²) in [7, 11) is 1.69. The number of hydrogen-bond acceptors (Lipinski definition) is 2. The fourth-order valence-corrected chi connectivity index (χ4v) is 2.58. The molecule has 21 heavy (non-hydrogen) atoms. The summed E-state index contributed by atoms with van der Waals surface area (Å²) >= 11 is 0. The molecular weight excluding hydrogens is 260 g/mol. The van der Waals surface area contributed by atoms with Crippen LogP contribution in [0.2, 0.25) is 0 Å². The first kappa shape index (κ1) is 13.4. The van der Waals surface area contributed by atoms with E-state index in [-0.39, 0.29) is 0 Å². The Bertz CT molecular complexity index is 796. The molecule has 0 spiro atoms. The zero-order chi connectivity index (χ0) is 14.8. The predicted molar refractivity (Wildman–Crippen MR) is 86.3 cm³/mol. The maximum Gasteiger partial charge on any atom is 0.216 e. The van der Waals surface area contributed by atoms with Gasteiger partial charge in [0.2, 0.25) is 5.52 Å². The molecule has 0 bridgehead atoms. The second kappa shape index (κ2) is 5.44. The predicted octanol–water partition coefficient (Wildman–Crippen LogP) is 4.02. The van der Waals surface area contributed by atoms with Crippen LogP contribution in [0.1, 0.15) is 11.3 Å². The number of aromatic amines is 1. The molecule has 1 heterocycles. The van der Waals surface area contributed by atoms with Crippen molar-refractivity contribution in [2.45, 2.75) is 13.8 Å². The van der Waals surface area contributed by atoms with Crippen LogP contribution in [0.15, 0.2) is 48.5 Å². The summed E-state index contributed by atoms with van der Waals surface area (Å²) < 4.78 is 5.41. The second-order valence-electron chi connectivity index (χ2n) is 5.19. The van der Waals surface area contributed by atoms with Gasteiger partial charge in [0.05, 0.1) is 23.9 Å². The summed E-state index contributed by atoms with van der Waals surface area (Å²) in [5.74, 6) is 0.837. The number of methoxy groups -OCH3 is 1. The number of pyridine rings is 1. The number of fused-ring (bicyclic) bond motifs is 1. The Morgan fingerprint density at radius 3 is 2.57 bits per heavy atom. The van der Waals surface area contributed by atoms with Gasteiger partial charge in [-0.15, -0.1) is 0 Å². The van der Waals surface area contributed by atoms with Crippen LogP contribution in [0.5, 0.6) is 5.75 Å². The first-order valence-electron chi connectivity index (χ1n) is 7.01. The summed E-state index contributed by atoms with van der Waals surface area (Å²) in [5.41, 5.74) is 5.56. The number of rotatable bonds is 3. The summed E-state index contributed by atoms with van der Waals surface area (Å²) in [6.45, 7) is 4.18. The molecule has 0 fully saturated rings. The molecule has 3 rings (SSSR count). The molecule has 2 aromatic carbocycles. The highest BCUT2D eigenvalue weighted by molar-refractivity contribution is 5.93. The molecule has 0 aliphatic carbocycles. The number of hydrogen-bond donors (Lipinski definition) is 1. The van der Waals surface area contributed by atoms with Gasteiger partial charge in [-0.2, -0.15) is 0 Å². The summed E-state index contributed by atoms with van der Waals surface area (Å²) in [5, 5.41) is 4.66. The molecule has 1 aromatic heterocycles. The standard InChI is InChI=1S/C18H18N2O/c1-12-7-6-8-14-16(11-13(2)19-18(12)14)20-15-9-4-5-10-17(15)21-3/h4-11H,1-3H3,(H,19,20)/p+1. The largest absolute Gasteiger partial charge is 0.495 e. The minimum absolute atomic E-state index is 0.837. The Labute approximate surface area is 124 Å². The average molecular weight is 279 g/mol. The highest BCUT2D eigenvalue weighted by atomic mass is 16.5. The van der Waals surface area contributed by atoms with Crippen molar-refractivity contribution < 1.29 is 9.72 Å². The molecule has 0 radical (unpaired) electrons. The summed E-state index contributed by atoms with van der Waals surface area (Å²) in [4.78, 5) is 3.44. The van der Waals surface area contributed by atoms with Crippen molar-refractivity contribution in [2.75, 3.05) is 12.4 Å². The minimum atomic E-state index is 0.837. The molecule has 0 aliphatic rings. The topological polar surface area (TPSA) is 35.4 Å². The molecule has 3 aromatic rings. The van der Waals surface area contributed by atoms with Crippen molar-refractivity contribution in [2.24, 2.45) is 0 Å². The van der Waals surface area contributed by atoms with E-state index in [1.54, 1.807) is 7.11 Å². The highest BCUT2D eigenvalue weighted by Crippen LogP contribution is 2.31. The number of aromatic nitrogens is 1. The van der Waals surface area contributed by atoms with E-state index in [1.165, 1.54) is 10.9 Å². The zero-order valence-electron chi connectivity index (χ0n) is 12.5. The zero-order valence-corrected chi connectivity index (χ0v) is 12.5. The van der Waals surface area contributed by atoms with E-state index >= 15 is 0 Å². The van der Waals surface area contributed by atoms with Crippen molar-refractivity contribution in [1.29, 1.82) is 0 Å². The molecule has 2 N–H and O–H groups in total. The maximum atomic E-state index is 5.41. The Hall–Kier alpha value is -2.55. The maximum absolute atomic E-state index is 5.41. The minimum Gasteiger partial charge on any atom is -0.495 e. The lowest BCUT2D eigenvalue weighted by molar-refractivity contribution is -0.354. The number of ether oxygens (including phenoxy) is 1. The van der Waals surface area contributed by atoms with Gasteiger partial charge in [-0.3, -0.25) is 0 Å². The van der Waals surface area contributed by atoms with Gasteiger partial charge in [0.25, 0.3) is 0 Å². The lowest BCUT2D eigenvalue weighted by Crippen LogP contribution is -2.11. The van der Waals surface area contributed by atoms with E-state index in [9.17, 15) is 0 Å².